The summed E-state index contributed by atoms with van der Waals surface area (Å²) in [6.45, 7) is 1.85. The quantitative estimate of drug-likeness (QED) is 0.648. The van der Waals surface area contributed by atoms with Crippen molar-refractivity contribution in [1.82, 2.24) is 0 Å². The van der Waals surface area contributed by atoms with Gasteiger partial charge in [-0.3, -0.25) is 0 Å². The second-order valence-corrected chi connectivity index (χ2v) is 4.35. The van der Waals surface area contributed by atoms with E-state index in [9.17, 15) is 0 Å². The summed E-state index contributed by atoms with van der Waals surface area (Å²) in [5.41, 5.74) is 6.52. The van der Waals surface area contributed by atoms with Gasteiger partial charge in [-0.15, -0.1) is 0 Å². The highest BCUT2D eigenvalue weighted by molar-refractivity contribution is 4.94. The molecular weight excluding hydrogens is 150 g/mol. The summed E-state index contributed by atoms with van der Waals surface area (Å²) in [5.74, 6) is 0.651. The van der Waals surface area contributed by atoms with Crippen LogP contribution in [0.3, 0.4) is 0 Å². The standard InChI is InChI=1S/C10H19NO/c11-10(5-2-1-3-6-10)9-4-7-12-8-9/h9H,1-8,11H2. The highest BCUT2D eigenvalue weighted by Gasteiger charge is 2.37. The van der Waals surface area contributed by atoms with Crippen molar-refractivity contribution in [3.8, 4) is 0 Å². The van der Waals surface area contributed by atoms with Crippen LogP contribution >= 0.6 is 0 Å². The lowest BCUT2D eigenvalue weighted by molar-refractivity contribution is 0.142. The first-order valence-electron chi connectivity index (χ1n) is 5.18. The van der Waals surface area contributed by atoms with E-state index in [0.717, 1.165) is 13.2 Å². The lowest BCUT2D eigenvalue weighted by atomic mass is 9.73. The molecule has 1 saturated carbocycles. The van der Waals surface area contributed by atoms with Crippen LogP contribution in [0.2, 0.25) is 0 Å². The first-order valence-corrected chi connectivity index (χ1v) is 5.18. The van der Waals surface area contributed by atoms with Gasteiger partial charge in [0.05, 0.1) is 6.61 Å². The van der Waals surface area contributed by atoms with E-state index in [-0.39, 0.29) is 5.54 Å². The minimum Gasteiger partial charge on any atom is -0.381 e. The molecule has 12 heavy (non-hydrogen) atoms. The van der Waals surface area contributed by atoms with Gasteiger partial charge in [0.15, 0.2) is 0 Å². The molecule has 0 bridgehead atoms. The van der Waals surface area contributed by atoms with Crippen LogP contribution in [0.5, 0.6) is 0 Å². The predicted molar refractivity (Wildman–Crippen MR) is 48.9 cm³/mol. The molecule has 1 heterocycles. The Morgan fingerprint density at radius 3 is 2.50 bits per heavy atom. The molecule has 1 atom stereocenters. The summed E-state index contributed by atoms with van der Waals surface area (Å²) in [6.07, 6.45) is 7.67. The van der Waals surface area contributed by atoms with Crippen LogP contribution in [0.1, 0.15) is 38.5 Å². The van der Waals surface area contributed by atoms with E-state index in [2.05, 4.69) is 0 Å². The number of hydrogen-bond acceptors (Lipinski definition) is 2. The lowest BCUT2D eigenvalue weighted by Crippen LogP contribution is -2.48. The van der Waals surface area contributed by atoms with Gasteiger partial charge in [0, 0.05) is 18.1 Å². The molecule has 0 spiro atoms. The van der Waals surface area contributed by atoms with Crippen LogP contribution in [-0.2, 0) is 4.74 Å². The molecule has 2 nitrogen and oxygen atoms in total. The molecule has 2 fully saturated rings. The predicted octanol–water partition coefficient (Wildman–Crippen LogP) is 1.68. The SMILES string of the molecule is NC1(C2CCOC2)CCCCC1. The summed E-state index contributed by atoms with van der Waals surface area (Å²) >= 11 is 0. The van der Waals surface area contributed by atoms with Crippen LogP contribution in [0, 0.1) is 5.92 Å². The lowest BCUT2D eigenvalue weighted by Gasteiger charge is -2.38. The monoisotopic (exact) mass is 169 g/mol. The average molecular weight is 169 g/mol. The highest BCUT2D eigenvalue weighted by Crippen LogP contribution is 2.35. The first kappa shape index (κ1) is 8.52. The van der Waals surface area contributed by atoms with Gasteiger partial charge < -0.3 is 10.5 Å². The Kier molecular flexibility index (Phi) is 2.37. The third kappa shape index (κ3) is 1.50. The molecule has 0 aromatic rings. The maximum atomic E-state index is 6.38. The summed E-state index contributed by atoms with van der Waals surface area (Å²) in [6, 6.07) is 0. The van der Waals surface area contributed by atoms with Crippen molar-refractivity contribution < 1.29 is 4.74 Å². The average Bonchev–Trinajstić information content (AvgIpc) is 2.58. The Hall–Kier alpha value is -0.0800. The van der Waals surface area contributed by atoms with Crippen molar-refractivity contribution in [3.05, 3.63) is 0 Å². The fourth-order valence-corrected chi connectivity index (χ4v) is 2.61. The molecular formula is C10H19NO. The topological polar surface area (TPSA) is 35.2 Å². The van der Waals surface area contributed by atoms with Crippen LogP contribution < -0.4 is 5.73 Å². The highest BCUT2D eigenvalue weighted by atomic mass is 16.5. The van der Waals surface area contributed by atoms with E-state index in [4.69, 9.17) is 10.5 Å². The second kappa shape index (κ2) is 3.35. The van der Waals surface area contributed by atoms with E-state index >= 15 is 0 Å². The van der Waals surface area contributed by atoms with E-state index in [1.165, 1.54) is 38.5 Å². The molecule has 2 heteroatoms. The molecule has 2 rings (SSSR count). The van der Waals surface area contributed by atoms with E-state index in [1.807, 2.05) is 0 Å². The van der Waals surface area contributed by atoms with Crippen molar-refractivity contribution >= 4 is 0 Å². The number of ether oxygens (including phenoxy) is 1. The molecule has 1 unspecified atom stereocenters. The van der Waals surface area contributed by atoms with E-state index in [0.29, 0.717) is 5.92 Å². The van der Waals surface area contributed by atoms with Gasteiger partial charge in [-0.05, 0) is 19.3 Å². The Balaban J connectivity index is 1.97. The summed E-state index contributed by atoms with van der Waals surface area (Å²) in [4.78, 5) is 0. The molecule has 0 amide bonds. The molecule has 2 aliphatic rings. The number of hydrogen-bond donors (Lipinski definition) is 1. The van der Waals surface area contributed by atoms with Gasteiger partial charge in [0.2, 0.25) is 0 Å². The summed E-state index contributed by atoms with van der Waals surface area (Å²) in [7, 11) is 0. The third-order valence-electron chi connectivity index (χ3n) is 3.53. The molecule has 70 valence electrons. The van der Waals surface area contributed by atoms with Crippen LogP contribution in [-0.4, -0.2) is 18.8 Å². The Morgan fingerprint density at radius 2 is 1.92 bits per heavy atom. The molecule has 0 radical (unpaired) electrons. The molecule has 2 N–H and O–H groups in total. The largest absolute Gasteiger partial charge is 0.381 e. The fraction of sp³-hybridized carbons (Fsp3) is 1.00. The van der Waals surface area contributed by atoms with Gasteiger partial charge in [-0.1, -0.05) is 19.3 Å². The smallest absolute Gasteiger partial charge is 0.0512 e. The molecule has 0 aromatic carbocycles. The van der Waals surface area contributed by atoms with Crippen LogP contribution in [0.25, 0.3) is 0 Å². The van der Waals surface area contributed by atoms with Crippen molar-refractivity contribution in [2.24, 2.45) is 11.7 Å². The Morgan fingerprint density at radius 1 is 1.17 bits per heavy atom. The van der Waals surface area contributed by atoms with Gasteiger partial charge >= 0.3 is 0 Å². The van der Waals surface area contributed by atoms with Crippen molar-refractivity contribution in [1.29, 1.82) is 0 Å². The van der Waals surface area contributed by atoms with Crippen molar-refractivity contribution in [2.75, 3.05) is 13.2 Å². The molecule has 1 aliphatic heterocycles. The van der Waals surface area contributed by atoms with E-state index in [1.54, 1.807) is 0 Å². The zero-order valence-corrected chi connectivity index (χ0v) is 7.72. The fourth-order valence-electron chi connectivity index (χ4n) is 2.61. The number of nitrogens with two attached hydrogens (primary N) is 1. The van der Waals surface area contributed by atoms with Crippen molar-refractivity contribution in [2.45, 2.75) is 44.1 Å². The minimum absolute atomic E-state index is 0.134. The Bertz CT molecular complexity index is 146. The molecule has 1 saturated heterocycles. The first-order chi connectivity index (χ1) is 5.81. The maximum absolute atomic E-state index is 6.38. The summed E-state index contributed by atoms with van der Waals surface area (Å²) < 4.78 is 5.40. The van der Waals surface area contributed by atoms with Gasteiger partial charge in [-0.25, -0.2) is 0 Å². The Labute approximate surface area is 74.5 Å². The molecule has 1 aliphatic carbocycles. The third-order valence-corrected chi connectivity index (χ3v) is 3.53. The van der Waals surface area contributed by atoms with Crippen molar-refractivity contribution in [3.63, 3.8) is 0 Å². The van der Waals surface area contributed by atoms with E-state index < -0.39 is 0 Å². The zero-order valence-electron chi connectivity index (χ0n) is 7.72. The second-order valence-electron chi connectivity index (χ2n) is 4.35. The van der Waals surface area contributed by atoms with Gasteiger partial charge in [0.1, 0.15) is 0 Å². The van der Waals surface area contributed by atoms with Gasteiger partial charge in [0.25, 0.3) is 0 Å². The molecule has 0 aromatic heterocycles. The summed E-state index contributed by atoms with van der Waals surface area (Å²) in [5, 5.41) is 0. The van der Waals surface area contributed by atoms with Gasteiger partial charge in [-0.2, -0.15) is 0 Å². The number of rotatable bonds is 1. The van der Waals surface area contributed by atoms with Crippen LogP contribution in [0.15, 0.2) is 0 Å². The zero-order chi connectivity index (χ0) is 8.44. The normalized spacial score (nSPS) is 35.2. The van der Waals surface area contributed by atoms with Crippen LogP contribution in [0.4, 0.5) is 0 Å². The maximum Gasteiger partial charge on any atom is 0.0512 e. The minimum atomic E-state index is 0.134.